The predicted molar refractivity (Wildman–Crippen MR) is 54.0 cm³/mol. The highest BCUT2D eigenvalue weighted by Gasteiger charge is 1.98. The van der Waals surface area contributed by atoms with Gasteiger partial charge in [-0.2, -0.15) is 0 Å². The number of hydrogen-bond acceptors (Lipinski definition) is 1. The first-order valence-corrected chi connectivity index (χ1v) is 4.26. The third kappa shape index (κ3) is 1.35. The molecule has 0 bridgehead atoms. The van der Waals surface area contributed by atoms with Crippen molar-refractivity contribution in [3.63, 3.8) is 0 Å². The van der Waals surface area contributed by atoms with Gasteiger partial charge < -0.3 is 4.98 Å². The van der Waals surface area contributed by atoms with Crippen LogP contribution in [0.15, 0.2) is 29.2 Å². The van der Waals surface area contributed by atoms with E-state index in [1.54, 1.807) is 12.3 Å². The van der Waals surface area contributed by atoms with Crippen molar-refractivity contribution in [1.82, 2.24) is 4.98 Å². The smallest absolute Gasteiger partial charge is 0.248 e. The molecule has 0 unspecified atom stereocenters. The summed E-state index contributed by atoms with van der Waals surface area (Å²) < 4.78 is 0. The standard InChI is InChI=1S/C11H11NO/c1-7-3-8(2)10-6-12-11(13)5-9(10)4-7/h3-6H,1-2H3,(H,12,13). The third-order valence-electron chi connectivity index (χ3n) is 2.21. The Labute approximate surface area is 76.2 Å². The van der Waals surface area contributed by atoms with E-state index in [0.29, 0.717) is 0 Å². The van der Waals surface area contributed by atoms with Crippen LogP contribution in [-0.4, -0.2) is 4.98 Å². The van der Waals surface area contributed by atoms with E-state index in [9.17, 15) is 4.79 Å². The van der Waals surface area contributed by atoms with Crippen molar-refractivity contribution in [3.05, 3.63) is 45.9 Å². The summed E-state index contributed by atoms with van der Waals surface area (Å²) in [6.07, 6.45) is 1.77. The lowest BCUT2D eigenvalue weighted by molar-refractivity contribution is 1.26. The Morgan fingerprint density at radius 1 is 1.15 bits per heavy atom. The highest BCUT2D eigenvalue weighted by atomic mass is 16.1. The Bertz CT molecular complexity index is 511. The van der Waals surface area contributed by atoms with Gasteiger partial charge in [0, 0.05) is 17.6 Å². The molecule has 0 aliphatic rings. The minimum atomic E-state index is -0.0440. The summed E-state index contributed by atoms with van der Waals surface area (Å²) in [6, 6.07) is 5.77. The summed E-state index contributed by atoms with van der Waals surface area (Å²) in [4.78, 5) is 13.7. The second kappa shape index (κ2) is 2.73. The number of aromatic nitrogens is 1. The molecule has 2 heteroatoms. The zero-order chi connectivity index (χ0) is 9.42. The van der Waals surface area contributed by atoms with Crippen LogP contribution in [0, 0.1) is 13.8 Å². The van der Waals surface area contributed by atoms with Crippen molar-refractivity contribution in [2.75, 3.05) is 0 Å². The van der Waals surface area contributed by atoms with Crippen LogP contribution in [0.4, 0.5) is 0 Å². The second-order valence-electron chi connectivity index (χ2n) is 3.38. The Morgan fingerprint density at radius 2 is 1.92 bits per heavy atom. The van der Waals surface area contributed by atoms with Crippen LogP contribution in [-0.2, 0) is 0 Å². The van der Waals surface area contributed by atoms with Crippen LogP contribution in [0.5, 0.6) is 0 Å². The van der Waals surface area contributed by atoms with Crippen LogP contribution < -0.4 is 5.56 Å². The van der Waals surface area contributed by atoms with E-state index in [2.05, 4.69) is 11.1 Å². The van der Waals surface area contributed by atoms with E-state index in [-0.39, 0.29) is 5.56 Å². The minimum absolute atomic E-state index is 0.0440. The fourth-order valence-electron chi connectivity index (χ4n) is 1.65. The molecule has 2 nitrogen and oxygen atoms in total. The molecular weight excluding hydrogens is 162 g/mol. The first-order valence-electron chi connectivity index (χ1n) is 4.26. The van der Waals surface area contributed by atoms with Gasteiger partial charge in [-0.15, -0.1) is 0 Å². The SMILES string of the molecule is Cc1cc(C)c2c[nH]c(=O)cc2c1. The monoisotopic (exact) mass is 173 g/mol. The Kier molecular flexibility index (Phi) is 1.69. The number of aromatic amines is 1. The third-order valence-corrected chi connectivity index (χ3v) is 2.21. The van der Waals surface area contributed by atoms with E-state index in [1.165, 1.54) is 11.1 Å². The zero-order valence-electron chi connectivity index (χ0n) is 7.72. The molecule has 0 aliphatic carbocycles. The first-order chi connectivity index (χ1) is 6.16. The Hall–Kier alpha value is -1.57. The molecule has 0 atom stereocenters. The van der Waals surface area contributed by atoms with Gasteiger partial charge in [0.05, 0.1) is 0 Å². The zero-order valence-corrected chi connectivity index (χ0v) is 7.72. The van der Waals surface area contributed by atoms with E-state index in [0.717, 1.165) is 10.8 Å². The molecule has 66 valence electrons. The number of hydrogen-bond donors (Lipinski definition) is 1. The molecule has 0 amide bonds. The van der Waals surface area contributed by atoms with Gasteiger partial charge in [-0.3, -0.25) is 4.79 Å². The number of nitrogens with one attached hydrogen (secondary N) is 1. The largest absolute Gasteiger partial charge is 0.328 e. The summed E-state index contributed by atoms with van der Waals surface area (Å²) in [7, 11) is 0. The van der Waals surface area contributed by atoms with Gasteiger partial charge in [0.1, 0.15) is 0 Å². The first kappa shape index (κ1) is 8.05. The molecule has 0 saturated heterocycles. The van der Waals surface area contributed by atoms with Gasteiger partial charge in [0.2, 0.25) is 5.56 Å². The van der Waals surface area contributed by atoms with Crippen molar-refractivity contribution >= 4 is 10.8 Å². The number of benzene rings is 1. The molecule has 2 aromatic rings. The van der Waals surface area contributed by atoms with Gasteiger partial charge in [0.15, 0.2) is 0 Å². The normalized spacial score (nSPS) is 10.6. The fraction of sp³-hybridized carbons (Fsp3) is 0.182. The topological polar surface area (TPSA) is 32.9 Å². The fourth-order valence-corrected chi connectivity index (χ4v) is 1.65. The number of fused-ring (bicyclic) bond motifs is 1. The molecule has 0 saturated carbocycles. The Morgan fingerprint density at radius 3 is 2.69 bits per heavy atom. The van der Waals surface area contributed by atoms with Gasteiger partial charge in [-0.05, 0) is 24.8 Å². The molecule has 2 rings (SSSR count). The van der Waals surface area contributed by atoms with E-state index in [4.69, 9.17) is 0 Å². The molecule has 0 aliphatic heterocycles. The lowest BCUT2D eigenvalue weighted by Gasteiger charge is -2.02. The lowest BCUT2D eigenvalue weighted by atomic mass is 10.0. The number of pyridine rings is 1. The van der Waals surface area contributed by atoms with Crippen molar-refractivity contribution in [2.24, 2.45) is 0 Å². The average molecular weight is 173 g/mol. The molecular formula is C11H11NO. The van der Waals surface area contributed by atoms with E-state index in [1.807, 2.05) is 19.9 Å². The second-order valence-corrected chi connectivity index (χ2v) is 3.38. The van der Waals surface area contributed by atoms with Crippen LogP contribution >= 0.6 is 0 Å². The van der Waals surface area contributed by atoms with E-state index < -0.39 is 0 Å². The maximum atomic E-state index is 11.1. The van der Waals surface area contributed by atoms with Crippen LogP contribution in [0.3, 0.4) is 0 Å². The summed E-state index contributed by atoms with van der Waals surface area (Å²) in [6.45, 7) is 4.08. The molecule has 0 radical (unpaired) electrons. The summed E-state index contributed by atoms with van der Waals surface area (Å²) >= 11 is 0. The molecule has 1 aromatic carbocycles. The maximum absolute atomic E-state index is 11.1. The number of rotatable bonds is 0. The van der Waals surface area contributed by atoms with Crippen LogP contribution in [0.1, 0.15) is 11.1 Å². The molecule has 0 spiro atoms. The summed E-state index contributed by atoms with van der Waals surface area (Å²) in [5.74, 6) is 0. The van der Waals surface area contributed by atoms with Crippen molar-refractivity contribution < 1.29 is 0 Å². The molecule has 1 aromatic heterocycles. The average Bonchev–Trinajstić information content (AvgIpc) is 2.02. The Balaban J connectivity index is 2.94. The van der Waals surface area contributed by atoms with Gasteiger partial charge in [-0.25, -0.2) is 0 Å². The highest BCUT2D eigenvalue weighted by Crippen LogP contribution is 2.17. The van der Waals surface area contributed by atoms with Gasteiger partial charge >= 0.3 is 0 Å². The summed E-state index contributed by atoms with van der Waals surface area (Å²) in [5, 5.41) is 2.13. The molecule has 0 fully saturated rings. The van der Waals surface area contributed by atoms with Crippen molar-refractivity contribution in [2.45, 2.75) is 13.8 Å². The quantitative estimate of drug-likeness (QED) is 0.650. The van der Waals surface area contributed by atoms with Crippen LogP contribution in [0.25, 0.3) is 10.8 Å². The lowest BCUT2D eigenvalue weighted by Crippen LogP contribution is -2.02. The maximum Gasteiger partial charge on any atom is 0.248 e. The molecule has 1 heterocycles. The van der Waals surface area contributed by atoms with Gasteiger partial charge in [0.25, 0.3) is 0 Å². The number of aryl methyl sites for hydroxylation is 2. The number of H-pyrrole nitrogens is 1. The molecule has 1 N–H and O–H groups in total. The van der Waals surface area contributed by atoms with Crippen molar-refractivity contribution in [1.29, 1.82) is 0 Å². The summed E-state index contributed by atoms with van der Waals surface area (Å²) in [5.41, 5.74) is 2.35. The van der Waals surface area contributed by atoms with E-state index >= 15 is 0 Å². The predicted octanol–water partition coefficient (Wildman–Crippen LogP) is 2.14. The van der Waals surface area contributed by atoms with Gasteiger partial charge in [-0.1, -0.05) is 17.7 Å². The molecule has 13 heavy (non-hydrogen) atoms. The minimum Gasteiger partial charge on any atom is -0.328 e. The van der Waals surface area contributed by atoms with Crippen LogP contribution in [0.2, 0.25) is 0 Å². The highest BCUT2D eigenvalue weighted by molar-refractivity contribution is 5.85. The van der Waals surface area contributed by atoms with Crippen molar-refractivity contribution in [3.8, 4) is 0 Å².